The molecule has 0 saturated carbocycles. The number of hydrogen-bond donors (Lipinski definition) is 2. The molecule has 0 bridgehead atoms. The van der Waals surface area contributed by atoms with Crippen LogP contribution in [0.4, 0.5) is 0 Å². The van der Waals surface area contributed by atoms with Gasteiger partial charge in [0.05, 0.1) is 4.88 Å². The summed E-state index contributed by atoms with van der Waals surface area (Å²) in [5.41, 5.74) is 2.61. The molecule has 4 heteroatoms. The number of nitrogens with one attached hydrogen (secondary N) is 1. The third kappa shape index (κ3) is 4.91. The summed E-state index contributed by atoms with van der Waals surface area (Å²) in [5, 5.41) is 6.96. The van der Waals surface area contributed by atoms with Crippen molar-refractivity contribution in [1.82, 2.24) is 5.32 Å². The van der Waals surface area contributed by atoms with Crippen molar-refractivity contribution in [1.29, 1.82) is 0 Å². The summed E-state index contributed by atoms with van der Waals surface area (Å²) in [6.45, 7) is 6.43. The van der Waals surface area contributed by atoms with Crippen LogP contribution in [0.5, 0.6) is 0 Å². The van der Waals surface area contributed by atoms with Crippen molar-refractivity contribution in [3.05, 3.63) is 57.8 Å². The van der Waals surface area contributed by atoms with E-state index in [2.05, 4.69) is 66.3 Å². The van der Waals surface area contributed by atoms with Gasteiger partial charge in [0, 0.05) is 12.6 Å². The molecule has 1 aromatic carbocycles. The molecule has 0 fully saturated rings. The summed E-state index contributed by atoms with van der Waals surface area (Å²) in [5.74, 6) is 0.719. The molecule has 0 radical (unpaired) electrons. The van der Waals surface area contributed by atoms with E-state index in [0.29, 0.717) is 5.92 Å². The Morgan fingerprint density at radius 2 is 1.87 bits per heavy atom. The van der Waals surface area contributed by atoms with Gasteiger partial charge in [0.15, 0.2) is 6.04 Å². The summed E-state index contributed by atoms with van der Waals surface area (Å²) >= 11 is 1.74. The van der Waals surface area contributed by atoms with Crippen molar-refractivity contribution >= 4 is 17.2 Å². The number of amides is 1. The van der Waals surface area contributed by atoms with Crippen LogP contribution >= 0.6 is 11.3 Å². The van der Waals surface area contributed by atoms with Gasteiger partial charge in [0.2, 0.25) is 0 Å². The maximum atomic E-state index is 11.9. The molecule has 0 aliphatic heterocycles. The minimum absolute atomic E-state index is 0.0583. The van der Waals surface area contributed by atoms with E-state index in [0.717, 1.165) is 6.42 Å². The van der Waals surface area contributed by atoms with Crippen LogP contribution < -0.4 is 10.6 Å². The molecule has 0 unspecified atom stereocenters. The minimum atomic E-state index is -0.123. The molecule has 2 atom stereocenters. The van der Waals surface area contributed by atoms with Crippen molar-refractivity contribution in [2.24, 2.45) is 5.92 Å². The number of rotatable bonds is 7. The van der Waals surface area contributed by atoms with Crippen LogP contribution in [0.3, 0.4) is 0 Å². The zero-order valence-corrected chi connectivity index (χ0v) is 15.2. The van der Waals surface area contributed by atoms with Gasteiger partial charge in [-0.25, -0.2) is 0 Å². The highest BCUT2D eigenvalue weighted by atomic mass is 32.1. The lowest BCUT2D eigenvalue weighted by Crippen LogP contribution is -2.92. The zero-order valence-electron chi connectivity index (χ0n) is 14.4. The van der Waals surface area contributed by atoms with Gasteiger partial charge >= 0.3 is 0 Å². The second-order valence-corrected chi connectivity index (χ2v) is 7.41. The molecule has 3 N–H and O–H groups in total. The molecule has 1 amide bonds. The van der Waals surface area contributed by atoms with Gasteiger partial charge in [-0.1, -0.05) is 44.2 Å². The van der Waals surface area contributed by atoms with Crippen molar-refractivity contribution in [2.75, 3.05) is 7.05 Å². The van der Waals surface area contributed by atoms with E-state index in [1.54, 1.807) is 18.4 Å². The molecule has 1 aromatic heterocycles. The first-order valence-corrected chi connectivity index (χ1v) is 9.08. The summed E-state index contributed by atoms with van der Waals surface area (Å²) in [7, 11) is 1.69. The van der Waals surface area contributed by atoms with Gasteiger partial charge < -0.3 is 10.6 Å². The predicted molar refractivity (Wildman–Crippen MR) is 96.6 cm³/mol. The average molecular weight is 332 g/mol. The van der Waals surface area contributed by atoms with Crippen LogP contribution in [0, 0.1) is 5.92 Å². The molecule has 0 aliphatic carbocycles. The number of hydrogen-bond acceptors (Lipinski definition) is 2. The van der Waals surface area contributed by atoms with Crippen LogP contribution in [0.1, 0.15) is 42.8 Å². The molecule has 2 aromatic rings. The van der Waals surface area contributed by atoms with E-state index in [1.807, 2.05) is 6.92 Å². The predicted octanol–water partition coefficient (Wildman–Crippen LogP) is 2.73. The first-order valence-electron chi connectivity index (χ1n) is 8.20. The smallest absolute Gasteiger partial charge is 0.277 e. The van der Waals surface area contributed by atoms with E-state index >= 15 is 0 Å². The van der Waals surface area contributed by atoms with Crippen LogP contribution in [0.2, 0.25) is 0 Å². The molecule has 0 spiro atoms. The summed E-state index contributed by atoms with van der Waals surface area (Å²) in [4.78, 5) is 13.2. The Morgan fingerprint density at radius 3 is 2.39 bits per heavy atom. The monoisotopic (exact) mass is 331 g/mol. The number of carbonyl (C=O) groups excluding carboxylic acids is 1. The molecule has 1 heterocycles. The van der Waals surface area contributed by atoms with Gasteiger partial charge in [-0.2, -0.15) is 0 Å². The molecule has 0 aliphatic rings. The summed E-state index contributed by atoms with van der Waals surface area (Å²) in [6, 6.07) is 13.1. The second kappa shape index (κ2) is 8.27. The Hall–Kier alpha value is -1.65. The van der Waals surface area contributed by atoms with Crippen LogP contribution in [0.25, 0.3) is 0 Å². The van der Waals surface area contributed by atoms with Crippen molar-refractivity contribution in [3.63, 3.8) is 0 Å². The fourth-order valence-electron chi connectivity index (χ4n) is 2.77. The zero-order chi connectivity index (χ0) is 16.8. The number of likely N-dealkylation sites (N-methyl/N-ethyl adjacent to an activating group) is 1. The van der Waals surface area contributed by atoms with E-state index in [1.165, 1.54) is 16.0 Å². The number of carbonyl (C=O) groups is 1. The molecular formula is C19H27N2OS+. The Kier molecular flexibility index (Phi) is 6.37. The summed E-state index contributed by atoms with van der Waals surface area (Å²) < 4.78 is 0. The van der Waals surface area contributed by atoms with E-state index in [-0.39, 0.29) is 18.0 Å². The molecule has 124 valence electrons. The number of nitrogens with two attached hydrogens (primary N) is 1. The summed E-state index contributed by atoms with van der Waals surface area (Å²) in [6.07, 6.45) is 1.10. The van der Waals surface area contributed by atoms with Crippen LogP contribution in [-0.4, -0.2) is 19.0 Å². The molecule has 2 rings (SSSR count). The van der Waals surface area contributed by atoms with Gasteiger partial charge in [-0.15, -0.1) is 11.3 Å². The highest BCUT2D eigenvalue weighted by Gasteiger charge is 2.24. The van der Waals surface area contributed by atoms with Crippen molar-refractivity contribution in [3.8, 4) is 0 Å². The fourth-order valence-corrected chi connectivity index (χ4v) is 3.61. The van der Waals surface area contributed by atoms with Gasteiger partial charge in [-0.3, -0.25) is 4.79 Å². The van der Waals surface area contributed by atoms with E-state index < -0.39 is 0 Å². The number of thiophene rings is 1. The molecule has 3 nitrogen and oxygen atoms in total. The second-order valence-electron chi connectivity index (χ2n) is 6.43. The van der Waals surface area contributed by atoms with Gasteiger partial charge in [0.1, 0.15) is 6.04 Å². The van der Waals surface area contributed by atoms with E-state index in [4.69, 9.17) is 0 Å². The third-order valence-electron chi connectivity index (χ3n) is 3.97. The van der Waals surface area contributed by atoms with Crippen LogP contribution in [-0.2, 0) is 11.2 Å². The molecular weight excluding hydrogens is 304 g/mol. The first kappa shape index (κ1) is 17.7. The Bertz CT molecular complexity index is 605. The normalized spacial score (nSPS) is 13.8. The Balaban J connectivity index is 2.22. The van der Waals surface area contributed by atoms with Gasteiger partial charge in [-0.05, 0) is 36.3 Å². The quantitative estimate of drug-likeness (QED) is 0.805. The maximum absolute atomic E-state index is 11.9. The largest absolute Gasteiger partial charge is 0.354 e. The molecule has 23 heavy (non-hydrogen) atoms. The average Bonchev–Trinajstić information content (AvgIpc) is 3.06. The standard InChI is InChI=1S/C19H26N2OS/c1-13(2)12-15-7-9-16(10-8-15)18(17-6-5-11-23-17)21-14(3)19(22)20-4/h5-11,13-14,18,21H,12H2,1-4H3,(H,20,22)/p+1/t14-,18+/m0/s1. The van der Waals surface area contributed by atoms with Gasteiger partial charge in [0.25, 0.3) is 5.91 Å². The lowest BCUT2D eigenvalue weighted by atomic mass is 9.98. The lowest BCUT2D eigenvalue weighted by Gasteiger charge is -2.19. The third-order valence-corrected chi connectivity index (χ3v) is 4.93. The van der Waals surface area contributed by atoms with Crippen LogP contribution in [0.15, 0.2) is 41.8 Å². The minimum Gasteiger partial charge on any atom is -0.354 e. The highest BCUT2D eigenvalue weighted by Crippen LogP contribution is 2.23. The highest BCUT2D eigenvalue weighted by molar-refractivity contribution is 7.10. The lowest BCUT2D eigenvalue weighted by molar-refractivity contribution is -0.704. The fraction of sp³-hybridized carbons (Fsp3) is 0.421. The topological polar surface area (TPSA) is 45.7 Å². The number of benzene rings is 1. The van der Waals surface area contributed by atoms with Crippen molar-refractivity contribution < 1.29 is 10.1 Å². The van der Waals surface area contributed by atoms with Crippen molar-refractivity contribution in [2.45, 2.75) is 39.3 Å². The maximum Gasteiger partial charge on any atom is 0.277 e. The Morgan fingerprint density at radius 1 is 1.17 bits per heavy atom. The molecule has 0 saturated heterocycles. The number of quaternary nitrogens is 1. The van der Waals surface area contributed by atoms with E-state index in [9.17, 15) is 4.79 Å². The Labute approximate surface area is 143 Å². The SMILES string of the molecule is CNC(=O)[C@H](C)[NH2+][C@H](c1ccc(CC(C)C)cc1)c1cccs1. The first-order chi connectivity index (χ1) is 11.0.